The standard InChI is InChI=1S/C15H23BrN2/c1-11-12(2)18(9-8-15(11)17-3)10-13-6-4-5-7-14(13)16/h4-7,11-12,15,17H,8-10H2,1-3H3. The molecule has 0 radical (unpaired) electrons. The van der Waals surface area contributed by atoms with Crippen molar-refractivity contribution in [3.63, 3.8) is 0 Å². The zero-order valence-corrected chi connectivity index (χ0v) is 13.1. The third-order valence-electron chi connectivity index (χ3n) is 4.40. The van der Waals surface area contributed by atoms with Gasteiger partial charge in [-0.1, -0.05) is 41.1 Å². The summed E-state index contributed by atoms with van der Waals surface area (Å²) in [4.78, 5) is 2.60. The molecule has 2 nitrogen and oxygen atoms in total. The highest BCUT2D eigenvalue weighted by Crippen LogP contribution is 2.26. The van der Waals surface area contributed by atoms with Crippen LogP contribution in [0.3, 0.4) is 0 Å². The summed E-state index contributed by atoms with van der Waals surface area (Å²) in [5.74, 6) is 0.700. The summed E-state index contributed by atoms with van der Waals surface area (Å²) in [6, 6.07) is 9.83. The van der Waals surface area contributed by atoms with E-state index >= 15 is 0 Å². The van der Waals surface area contributed by atoms with Gasteiger partial charge in [0.2, 0.25) is 0 Å². The molecule has 1 aliphatic rings. The monoisotopic (exact) mass is 310 g/mol. The van der Waals surface area contributed by atoms with Crippen LogP contribution in [0.15, 0.2) is 28.7 Å². The molecule has 1 heterocycles. The highest BCUT2D eigenvalue weighted by Gasteiger charge is 2.31. The van der Waals surface area contributed by atoms with E-state index in [1.807, 2.05) is 0 Å². The lowest BCUT2D eigenvalue weighted by atomic mass is 9.87. The van der Waals surface area contributed by atoms with Crippen LogP contribution in [-0.4, -0.2) is 30.6 Å². The number of piperidine rings is 1. The SMILES string of the molecule is CNC1CCN(Cc2ccccc2Br)C(C)C1C. The molecule has 0 saturated carbocycles. The summed E-state index contributed by atoms with van der Waals surface area (Å²) < 4.78 is 1.22. The van der Waals surface area contributed by atoms with Gasteiger partial charge in [0, 0.05) is 29.6 Å². The molecule has 3 atom stereocenters. The maximum Gasteiger partial charge on any atom is 0.0247 e. The van der Waals surface area contributed by atoms with Crippen molar-refractivity contribution in [3.05, 3.63) is 34.3 Å². The van der Waals surface area contributed by atoms with Crippen molar-refractivity contribution >= 4 is 15.9 Å². The van der Waals surface area contributed by atoms with Crippen molar-refractivity contribution < 1.29 is 0 Å². The number of halogens is 1. The molecule has 1 fully saturated rings. The Morgan fingerprint density at radius 1 is 1.33 bits per heavy atom. The number of hydrogen-bond donors (Lipinski definition) is 1. The Balaban J connectivity index is 2.05. The van der Waals surface area contributed by atoms with Gasteiger partial charge in [-0.3, -0.25) is 4.90 Å². The largest absolute Gasteiger partial charge is 0.317 e. The lowest BCUT2D eigenvalue weighted by Gasteiger charge is -2.42. The predicted octanol–water partition coefficient (Wildman–Crippen LogP) is 3.27. The summed E-state index contributed by atoms with van der Waals surface area (Å²) >= 11 is 3.64. The lowest BCUT2D eigenvalue weighted by molar-refractivity contribution is 0.0809. The molecule has 1 aromatic carbocycles. The number of hydrogen-bond acceptors (Lipinski definition) is 2. The molecule has 18 heavy (non-hydrogen) atoms. The first-order valence-electron chi connectivity index (χ1n) is 6.78. The lowest BCUT2D eigenvalue weighted by Crippen LogP contribution is -2.52. The summed E-state index contributed by atoms with van der Waals surface area (Å²) in [5.41, 5.74) is 1.39. The van der Waals surface area contributed by atoms with Crippen molar-refractivity contribution in [2.45, 2.75) is 38.9 Å². The second-order valence-electron chi connectivity index (χ2n) is 5.35. The molecule has 1 aliphatic heterocycles. The maximum absolute atomic E-state index is 3.64. The Morgan fingerprint density at radius 2 is 2.06 bits per heavy atom. The van der Waals surface area contributed by atoms with Gasteiger partial charge in [0.25, 0.3) is 0 Å². The number of rotatable bonds is 3. The zero-order valence-electron chi connectivity index (χ0n) is 11.5. The maximum atomic E-state index is 3.64. The van der Waals surface area contributed by atoms with E-state index in [9.17, 15) is 0 Å². The van der Waals surface area contributed by atoms with Crippen molar-refractivity contribution in [2.75, 3.05) is 13.6 Å². The van der Waals surface area contributed by atoms with Crippen molar-refractivity contribution in [2.24, 2.45) is 5.92 Å². The first kappa shape index (κ1) is 14.0. The van der Waals surface area contributed by atoms with Gasteiger partial charge < -0.3 is 5.32 Å². The van der Waals surface area contributed by atoms with Gasteiger partial charge >= 0.3 is 0 Å². The van der Waals surface area contributed by atoms with E-state index in [0.717, 1.165) is 6.54 Å². The van der Waals surface area contributed by atoms with E-state index in [1.165, 1.54) is 23.0 Å². The third-order valence-corrected chi connectivity index (χ3v) is 5.17. The van der Waals surface area contributed by atoms with Crippen LogP contribution in [0.4, 0.5) is 0 Å². The molecule has 3 heteroatoms. The van der Waals surface area contributed by atoms with Gasteiger partial charge in [-0.15, -0.1) is 0 Å². The zero-order chi connectivity index (χ0) is 13.1. The Bertz CT molecular complexity index is 394. The second kappa shape index (κ2) is 6.18. The average Bonchev–Trinajstić information content (AvgIpc) is 2.38. The summed E-state index contributed by atoms with van der Waals surface area (Å²) in [7, 11) is 2.08. The Morgan fingerprint density at radius 3 is 2.72 bits per heavy atom. The van der Waals surface area contributed by atoms with Gasteiger partial charge in [-0.2, -0.15) is 0 Å². The topological polar surface area (TPSA) is 15.3 Å². The van der Waals surface area contributed by atoms with Crippen molar-refractivity contribution in [1.82, 2.24) is 10.2 Å². The number of likely N-dealkylation sites (tertiary alicyclic amines) is 1. The predicted molar refractivity (Wildman–Crippen MR) is 80.6 cm³/mol. The van der Waals surface area contributed by atoms with Crippen LogP contribution in [0.1, 0.15) is 25.8 Å². The van der Waals surface area contributed by atoms with E-state index in [2.05, 4.69) is 71.3 Å². The quantitative estimate of drug-likeness (QED) is 0.922. The number of benzene rings is 1. The Hall–Kier alpha value is -0.380. The molecular weight excluding hydrogens is 288 g/mol. The van der Waals surface area contributed by atoms with Crippen LogP contribution in [0.2, 0.25) is 0 Å². The molecule has 2 rings (SSSR count). The van der Waals surface area contributed by atoms with E-state index in [1.54, 1.807) is 0 Å². The molecule has 3 unspecified atom stereocenters. The minimum Gasteiger partial charge on any atom is -0.317 e. The molecule has 0 spiro atoms. The van der Waals surface area contributed by atoms with Crippen LogP contribution in [0.5, 0.6) is 0 Å². The molecule has 100 valence electrons. The van der Waals surface area contributed by atoms with Gasteiger partial charge in [0.15, 0.2) is 0 Å². The van der Waals surface area contributed by atoms with Crippen LogP contribution in [-0.2, 0) is 6.54 Å². The van der Waals surface area contributed by atoms with Crippen LogP contribution in [0.25, 0.3) is 0 Å². The molecular formula is C15H23BrN2. The minimum atomic E-state index is 0.628. The van der Waals surface area contributed by atoms with Gasteiger partial charge in [0.05, 0.1) is 0 Å². The summed E-state index contributed by atoms with van der Waals surface area (Å²) in [5, 5.41) is 3.44. The fraction of sp³-hybridized carbons (Fsp3) is 0.600. The fourth-order valence-electron chi connectivity index (χ4n) is 2.92. The highest BCUT2D eigenvalue weighted by atomic mass is 79.9. The van der Waals surface area contributed by atoms with Crippen LogP contribution in [0, 0.1) is 5.92 Å². The van der Waals surface area contributed by atoms with E-state index < -0.39 is 0 Å². The molecule has 0 bridgehead atoms. The molecule has 0 aliphatic carbocycles. The second-order valence-corrected chi connectivity index (χ2v) is 6.20. The van der Waals surface area contributed by atoms with Crippen LogP contribution < -0.4 is 5.32 Å². The van der Waals surface area contributed by atoms with Gasteiger partial charge in [0.1, 0.15) is 0 Å². The highest BCUT2D eigenvalue weighted by molar-refractivity contribution is 9.10. The minimum absolute atomic E-state index is 0.628. The smallest absolute Gasteiger partial charge is 0.0247 e. The first-order chi connectivity index (χ1) is 8.63. The summed E-state index contributed by atoms with van der Waals surface area (Å²) in [6.45, 7) is 6.94. The van der Waals surface area contributed by atoms with Crippen LogP contribution >= 0.6 is 15.9 Å². The number of nitrogens with zero attached hydrogens (tertiary/aromatic N) is 1. The normalized spacial score (nSPS) is 29.4. The van der Waals surface area contributed by atoms with Gasteiger partial charge in [-0.25, -0.2) is 0 Å². The molecule has 1 saturated heterocycles. The Kier molecular flexibility index (Phi) is 4.82. The van der Waals surface area contributed by atoms with E-state index in [0.29, 0.717) is 18.0 Å². The number of nitrogens with one attached hydrogen (secondary N) is 1. The van der Waals surface area contributed by atoms with Crippen molar-refractivity contribution in [1.29, 1.82) is 0 Å². The van der Waals surface area contributed by atoms with E-state index in [4.69, 9.17) is 0 Å². The molecule has 0 aromatic heterocycles. The first-order valence-corrected chi connectivity index (χ1v) is 7.57. The van der Waals surface area contributed by atoms with Crippen molar-refractivity contribution in [3.8, 4) is 0 Å². The molecule has 0 amide bonds. The fourth-order valence-corrected chi connectivity index (χ4v) is 3.33. The third kappa shape index (κ3) is 2.95. The Labute approximate surface area is 119 Å². The average molecular weight is 311 g/mol. The van der Waals surface area contributed by atoms with E-state index in [-0.39, 0.29) is 0 Å². The molecule has 1 aromatic rings. The summed E-state index contributed by atoms with van der Waals surface area (Å²) in [6.07, 6.45) is 1.24. The molecule has 1 N–H and O–H groups in total. The van der Waals surface area contributed by atoms with Gasteiger partial charge in [-0.05, 0) is 37.9 Å².